The van der Waals surface area contributed by atoms with Crippen molar-refractivity contribution in [2.45, 2.75) is 18.6 Å². The van der Waals surface area contributed by atoms with Crippen molar-refractivity contribution < 1.29 is 9.90 Å². The molecular weight excluding hydrogens is 208 g/mol. The Bertz CT molecular complexity index is 370. The van der Waals surface area contributed by atoms with Gasteiger partial charge in [-0.1, -0.05) is 6.07 Å². The van der Waals surface area contributed by atoms with Crippen molar-refractivity contribution in [2.75, 3.05) is 0 Å². The quantitative estimate of drug-likeness (QED) is 0.555. The first kappa shape index (κ1) is 11.0. The maximum Gasteiger partial charge on any atom is 0.303 e. The van der Waals surface area contributed by atoms with Crippen LogP contribution < -0.4 is 16.6 Å². The summed E-state index contributed by atoms with van der Waals surface area (Å²) in [6.07, 6.45) is 1.32. The molecule has 3 atom stereocenters. The van der Waals surface area contributed by atoms with Crippen LogP contribution in [-0.2, 0) is 4.79 Å². The molecule has 3 unspecified atom stereocenters. The van der Waals surface area contributed by atoms with E-state index in [0.717, 1.165) is 5.69 Å². The van der Waals surface area contributed by atoms with Gasteiger partial charge < -0.3 is 10.8 Å². The van der Waals surface area contributed by atoms with Crippen molar-refractivity contribution in [3.8, 4) is 0 Å². The van der Waals surface area contributed by atoms with Gasteiger partial charge in [0.05, 0.1) is 24.3 Å². The Hall–Kier alpha value is -1.50. The Kier molecular flexibility index (Phi) is 3.14. The monoisotopic (exact) mass is 222 g/mol. The van der Waals surface area contributed by atoms with E-state index in [-0.39, 0.29) is 24.5 Å². The number of pyridine rings is 1. The molecule has 1 aromatic rings. The molecule has 16 heavy (non-hydrogen) atoms. The van der Waals surface area contributed by atoms with Gasteiger partial charge in [0, 0.05) is 12.1 Å². The number of aliphatic carboxylic acids is 1. The predicted octanol–water partition coefficient (Wildman–Crippen LogP) is -0.394. The number of rotatable bonds is 3. The third-order valence-electron chi connectivity index (χ3n) is 2.71. The summed E-state index contributed by atoms with van der Waals surface area (Å²) >= 11 is 0. The summed E-state index contributed by atoms with van der Waals surface area (Å²) in [4.78, 5) is 14.9. The molecule has 1 aliphatic rings. The third kappa shape index (κ3) is 2.19. The van der Waals surface area contributed by atoms with E-state index in [9.17, 15) is 4.79 Å². The van der Waals surface area contributed by atoms with E-state index in [0.29, 0.717) is 0 Å². The first-order chi connectivity index (χ1) is 7.68. The van der Waals surface area contributed by atoms with Gasteiger partial charge in [-0.3, -0.25) is 9.78 Å². The summed E-state index contributed by atoms with van der Waals surface area (Å²) in [5, 5.41) is 8.82. The van der Waals surface area contributed by atoms with E-state index in [1.807, 2.05) is 18.2 Å². The number of hydrazine groups is 1. The average Bonchev–Trinajstić information content (AvgIpc) is 2.61. The lowest BCUT2D eigenvalue weighted by Crippen LogP contribution is -2.39. The first-order valence-electron chi connectivity index (χ1n) is 5.08. The third-order valence-corrected chi connectivity index (χ3v) is 2.71. The van der Waals surface area contributed by atoms with E-state index in [4.69, 9.17) is 10.8 Å². The van der Waals surface area contributed by atoms with Crippen LogP contribution in [0.2, 0.25) is 0 Å². The minimum absolute atomic E-state index is 0.0163. The summed E-state index contributed by atoms with van der Waals surface area (Å²) in [6.45, 7) is 0. The molecule has 0 radical (unpaired) electrons. The molecule has 2 rings (SSSR count). The standard InChI is InChI=1S/C10H14N4O2/c11-10-6(5-8(15)16)9(13-14-10)7-3-1-2-4-12-7/h1-4,6,9-10,13-14H,5,11H2,(H,15,16). The Morgan fingerprint density at radius 2 is 2.31 bits per heavy atom. The zero-order chi connectivity index (χ0) is 11.5. The van der Waals surface area contributed by atoms with Gasteiger partial charge in [-0.25, -0.2) is 10.9 Å². The van der Waals surface area contributed by atoms with E-state index < -0.39 is 5.97 Å². The Balaban J connectivity index is 2.17. The van der Waals surface area contributed by atoms with Gasteiger partial charge in [0.25, 0.3) is 0 Å². The number of carbonyl (C=O) groups is 1. The second-order valence-electron chi connectivity index (χ2n) is 3.81. The number of nitrogens with two attached hydrogens (primary N) is 1. The molecule has 0 saturated carbocycles. The molecule has 0 aromatic carbocycles. The maximum absolute atomic E-state index is 10.7. The molecule has 6 heteroatoms. The van der Waals surface area contributed by atoms with Crippen LogP contribution in [0.4, 0.5) is 0 Å². The van der Waals surface area contributed by atoms with Crippen LogP contribution in [-0.4, -0.2) is 22.2 Å². The number of carboxylic acids is 1. The molecule has 1 fully saturated rings. The SMILES string of the molecule is NC1NNC(c2ccccn2)C1CC(=O)O. The molecule has 1 aromatic heterocycles. The smallest absolute Gasteiger partial charge is 0.303 e. The lowest BCUT2D eigenvalue weighted by molar-refractivity contribution is -0.138. The zero-order valence-electron chi connectivity index (χ0n) is 8.63. The number of nitrogens with one attached hydrogen (secondary N) is 2. The van der Waals surface area contributed by atoms with Gasteiger partial charge in [-0.2, -0.15) is 0 Å². The largest absolute Gasteiger partial charge is 0.481 e. The lowest BCUT2D eigenvalue weighted by atomic mass is 9.93. The normalized spacial score (nSPS) is 29.2. The number of hydrogen-bond acceptors (Lipinski definition) is 5. The van der Waals surface area contributed by atoms with Gasteiger partial charge in [0.1, 0.15) is 0 Å². The molecule has 6 nitrogen and oxygen atoms in total. The second kappa shape index (κ2) is 4.56. The summed E-state index contributed by atoms with van der Waals surface area (Å²) in [7, 11) is 0. The second-order valence-corrected chi connectivity index (χ2v) is 3.81. The van der Waals surface area contributed by atoms with Crippen molar-refractivity contribution >= 4 is 5.97 Å². The maximum atomic E-state index is 10.7. The Morgan fingerprint density at radius 1 is 1.50 bits per heavy atom. The van der Waals surface area contributed by atoms with E-state index in [1.165, 1.54) is 0 Å². The molecule has 0 amide bonds. The fourth-order valence-corrected chi connectivity index (χ4v) is 1.91. The Labute approximate surface area is 92.8 Å². The highest BCUT2D eigenvalue weighted by Gasteiger charge is 2.36. The highest BCUT2D eigenvalue weighted by Crippen LogP contribution is 2.27. The van der Waals surface area contributed by atoms with Crippen molar-refractivity contribution in [3.63, 3.8) is 0 Å². The van der Waals surface area contributed by atoms with Crippen LogP contribution in [0.5, 0.6) is 0 Å². The fraction of sp³-hybridized carbons (Fsp3) is 0.400. The fourth-order valence-electron chi connectivity index (χ4n) is 1.91. The molecule has 1 saturated heterocycles. The van der Waals surface area contributed by atoms with E-state index in [2.05, 4.69) is 15.8 Å². The molecule has 2 heterocycles. The number of hydrogen-bond donors (Lipinski definition) is 4. The van der Waals surface area contributed by atoms with Crippen LogP contribution in [0, 0.1) is 5.92 Å². The Morgan fingerprint density at radius 3 is 2.94 bits per heavy atom. The van der Waals surface area contributed by atoms with Gasteiger partial charge in [0.15, 0.2) is 0 Å². The summed E-state index contributed by atoms with van der Waals surface area (Å²) < 4.78 is 0. The first-order valence-corrected chi connectivity index (χ1v) is 5.08. The minimum Gasteiger partial charge on any atom is -0.481 e. The molecule has 0 bridgehead atoms. The van der Waals surface area contributed by atoms with Crippen molar-refractivity contribution in [2.24, 2.45) is 11.7 Å². The molecule has 0 aliphatic carbocycles. The minimum atomic E-state index is -0.855. The lowest BCUT2D eigenvalue weighted by Gasteiger charge is -2.18. The molecule has 5 N–H and O–H groups in total. The zero-order valence-corrected chi connectivity index (χ0v) is 8.63. The number of nitrogens with zero attached hydrogens (tertiary/aromatic N) is 1. The topological polar surface area (TPSA) is 100 Å². The van der Waals surface area contributed by atoms with Crippen LogP contribution in [0.15, 0.2) is 24.4 Å². The van der Waals surface area contributed by atoms with Crippen LogP contribution in [0.3, 0.4) is 0 Å². The van der Waals surface area contributed by atoms with Gasteiger partial charge in [-0.05, 0) is 12.1 Å². The number of aromatic nitrogens is 1. The van der Waals surface area contributed by atoms with Crippen LogP contribution in [0.25, 0.3) is 0 Å². The highest BCUT2D eigenvalue weighted by molar-refractivity contribution is 5.67. The van der Waals surface area contributed by atoms with Crippen LogP contribution >= 0.6 is 0 Å². The summed E-state index contributed by atoms with van der Waals surface area (Å²) in [6, 6.07) is 5.38. The highest BCUT2D eigenvalue weighted by atomic mass is 16.4. The average molecular weight is 222 g/mol. The van der Waals surface area contributed by atoms with Crippen molar-refractivity contribution in [3.05, 3.63) is 30.1 Å². The predicted molar refractivity (Wildman–Crippen MR) is 57.0 cm³/mol. The molecule has 0 spiro atoms. The summed E-state index contributed by atoms with van der Waals surface area (Å²) in [5.74, 6) is -1.06. The molecular formula is C10H14N4O2. The van der Waals surface area contributed by atoms with Gasteiger partial charge in [-0.15, -0.1) is 0 Å². The summed E-state index contributed by atoms with van der Waals surface area (Å²) in [5.41, 5.74) is 12.4. The van der Waals surface area contributed by atoms with Gasteiger partial charge in [0.2, 0.25) is 0 Å². The molecule has 1 aliphatic heterocycles. The van der Waals surface area contributed by atoms with Crippen LogP contribution in [0.1, 0.15) is 18.2 Å². The molecule has 86 valence electrons. The van der Waals surface area contributed by atoms with E-state index in [1.54, 1.807) is 6.20 Å². The van der Waals surface area contributed by atoms with E-state index >= 15 is 0 Å². The van der Waals surface area contributed by atoms with Crippen molar-refractivity contribution in [1.82, 2.24) is 15.8 Å². The van der Waals surface area contributed by atoms with Gasteiger partial charge >= 0.3 is 5.97 Å². The number of carboxylic acid groups (broad SMARTS) is 1. The van der Waals surface area contributed by atoms with Crippen molar-refractivity contribution in [1.29, 1.82) is 0 Å².